The lowest BCUT2D eigenvalue weighted by Crippen LogP contribution is -2.18. The van der Waals surface area contributed by atoms with E-state index in [2.05, 4.69) is 10.5 Å². The lowest BCUT2D eigenvalue weighted by molar-refractivity contribution is 0.0955. The maximum absolute atomic E-state index is 11.8. The summed E-state index contributed by atoms with van der Waals surface area (Å²) in [5, 5.41) is 8.80. The molecular formula is C14H13N3O3S. The number of hydrogen-bond acceptors (Lipinski definition) is 4. The van der Waals surface area contributed by atoms with Gasteiger partial charge in [-0.2, -0.15) is 5.10 Å². The molecule has 0 fully saturated rings. The quantitative estimate of drug-likeness (QED) is 0.653. The van der Waals surface area contributed by atoms with Gasteiger partial charge in [0.05, 0.1) is 11.1 Å². The van der Waals surface area contributed by atoms with Crippen molar-refractivity contribution in [3.63, 3.8) is 0 Å². The van der Waals surface area contributed by atoms with Gasteiger partial charge in [0.15, 0.2) is 0 Å². The van der Waals surface area contributed by atoms with Crippen molar-refractivity contribution < 1.29 is 13.2 Å². The molecule has 2 aromatic carbocycles. The van der Waals surface area contributed by atoms with Gasteiger partial charge in [0.1, 0.15) is 0 Å². The first kappa shape index (κ1) is 14.9. The maximum Gasteiger partial charge on any atom is 0.271 e. The van der Waals surface area contributed by atoms with Gasteiger partial charge in [-0.25, -0.2) is 19.0 Å². The number of sulfonamides is 1. The smallest absolute Gasteiger partial charge is 0.267 e. The Balaban J connectivity index is 2.02. The Morgan fingerprint density at radius 2 is 1.67 bits per heavy atom. The summed E-state index contributed by atoms with van der Waals surface area (Å²) in [7, 11) is -3.76. The summed E-state index contributed by atoms with van der Waals surface area (Å²) in [5.74, 6) is -0.442. The Bertz CT molecular complexity index is 754. The second-order valence-corrected chi connectivity index (χ2v) is 5.74. The van der Waals surface area contributed by atoms with Crippen LogP contribution in [0, 0.1) is 0 Å². The summed E-state index contributed by atoms with van der Waals surface area (Å²) in [6.45, 7) is 0. The van der Waals surface area contributed by atoms with Gasteiger partial charge in [-0.3, -0.25) is 4.79 Å². The predicted octanol–water partition coefficient (Wildman–Crippen LogP) is 1.10. The van der Waals surface area contributed by atoms with Crippen LogP contribution in [0.15, 0.2) is 64.6 Å². The topological polar surface area (TPSA) is 102 Å². The highest BCUT2D eigenvalue weighted by Gasteiger charge is 2.09. The van der Waals surface area contributed by atoms with Crippen molar-refractivity contribution in [2.24, 2.45) is 10.2 Å². The Labute approximate surface area is 122 Å². The fourth-order valence-corrected chi connectivity index (χ4v) is 2.08. The molecule has 0 bridgehead atoms. The standard InChI is InChI=1S/C14H13N3O3S/c15-21(19,20)13-8-6-12(7-9-13)14(18)17-16-10-11-4-2-1-3-5-11/h1-10H,(H,17,18)(H2,15,19,20)/b16-10-. The van der Waals surface area contributed by atoms with Crippen LogP contribution in [0.3, 0.4) is 0 Å². The third-order valence-electron chi connectivity index (χ3n) is 2.62. The SMILES string of the molecule is NS(=O)(=O)c1ccc(C(=O)N/N=C\c2ccccc2)cc1. The minimum absolute atomic E-state index is 0.0492. The van der Waals surface area contributed by atoms with E-state index in [4.69, 9.17) is 5.14 Å². The molecule has 0 unspecified atom stereocenters. The van der Waals surface area contributed by atoms with Gasteiger partial charge < -0.3 is 0 Å². The van der Waals surface area contributed by atoms with Crippen molar-refractivity contribution in [3.05, 3.63) is 65.7 Å². The van der Waals surface area contributed by atoms with Gasteiger partial charge in [-0.1, -0.05) is 30.3 Å². The fraction of sp³-hybridized carbons (Fsp3) is 0. The largest absolute Gasteiger partial charge is 0.271 e. The van der Waals surface area contributed by atoms with Crippen LogP contribution >= 0.6 is 0 Å². The predicted molar refractivity (Wildman–Crippen MR) is 79.3 cm³/mol. The van der Waals surface area contributed by atoms with Crippen LogP contribution in [0.5, 0.6) is 0 Å². The normalized spacial score (nSPS) is 11.5. The molecule has 6 nitrogen and oxygen atoms in total. The van der Waals surface area contributed by atoms with Crippen LogP contribution in [0.25, 0.3) is 0 Å². The van der Waals surface area contributed by atoms with Gasteiger partial charge in [0.25, 0.3) is 5.91 Å². The molecule has 1 amide bonds. The van der Waals surface area contributed by atoms with Crippen LogP contribution in [0.1, 0.15) is 15.9 Å². The van der Waals surface area contributed by atoms with Gasteiger partial charge >= 0.3 is 0 Å². The van der Waals surface area contributed by atoms with E-state index in [0.29, 0.717) is 0 Å². The van der Waals surface area contributed by atoms with Crippen molar-refractivity contribution in [3.8, 4) is 0 Å². The third-order valence-corrected chi connectivity index (χ3v) is 3.55. The molecule has 21 heavy (non-hydrogen) atoms. The van der Waals surface area contributed by atoms with E-state index in [0.717, 1.165) is 5.56 Å². The van der Waals surface area contributed by atoms with E-state index < -0.39 is 15.9 Å². The molecule has 0 radical (unpaired) electrons. The molecule has 0 spiro atoms. The van der Waals surface area contributed by atoms with Crippen LogP contribution in [0.4, 0.5) is 0 Å². The highest BCUT2D eigenvalue weighted by Crippen LogP contribution is 2.08. The number of carbonyl (C=O) groups is 1. The molecule has 108 valence electrons. The molecule has 2 aromatic rings. The highest BCUT2D eigenvalue weighted by molar-refractivity contribution is 7.89. The molecule has 0 saturated carbocycles. The van der Waals surface area contributed by atoms with E-state index in [-0.39, 0.29) is 10.5 Å². The molecule has 0 aliphatic heterocycles. The molecule has 0 aliphatic rings. The van der Waals surface area contributed by atoms with Crippen molar-refractivity contribution in [2.75, 3.05) is 0 Å². The van der Waals surface area contributed by atoms with Crippen LogP contribution < -0.4 is 10.6 Å². The van der Waals surface area contributed by atoms with Gasteiger partial charge in [-0.05, 0) is 29.8 Å². The van der Waals surface area contributed by atoms with Crippen LogP contribution in [-0.4, -0.2) is 20.5 Å². The molecule has 0 aromatic heterocycles. The minimum Gasteiger partial charge on any atom is -0.267 e. The summed E-state index contributed by atoms with van der Waals surface area (Å²) in [6.07, 6.45) is 1.51. The third kappa shape index (κ3) is 4.23. The summed E-state index contributed by atoms with van der Waals surface area (Å²) >= 11 is 0. The lowest BCUT2D eigenvalue weighted by atomic mass is 10.2. The average molecular weight is 303 g/mol. The Morgan fingerprint density at radius 3 is 2.24 bits per heavy atom. The summed E-state index contributed by atoms with van der Waals surface area (Å²) in [6, 6.07) is 14.6. The first-order valence-corrected chi connectivity index (χ1v) is 7.53. The second-order valence-electron chi connectivity index (χ2n) is 4.18. The minimum atomic E-state index is -3.76. The fourth-order valence-electron chi connectivity index (χ4n) is 1.57. The maximum atomic E-state index is 11.8. The van der Waals surface area contributed by atoms with E-state index >= 15 is 0 Å². The number of nitrogens with two attached hydrogens (primary N) is 1. The highest BCUT2D eigenvalue weighted by atomic mass is 32.2. The number of nitrogens with zero attached hydrogens (tertiary/aromatic N) is 1. The van der Waals surface area contributed by atoms with Gasteiger partial charge in [0, 0.05) is 5.56 Å². The Hall–Kier alpha value is -2.51. The number of hydrogen-bond donors (Lipinski definition) is 2. The van der Waals surface area contributed by atoms with Crippen molar-refractivity contribution in [1.29, 1.82) is 0 Å². The lowest BCUT2D eigenvalue weighted by Gasteiger charge is -2.01. The zero-order valence-electron chi connectivity index (χ0n) is 10.9. The molecule has 3 N–H and O–H groups in total. The Kier molecular flexibility index (Phi) is 4.46. The average Bonchev–Trinajstić information content (AvgIpc) is 2.47. The number of primary sulfonamides is 1. The van der Waals surface area contributed by atoms with E-state index in [9.17, 15) is 13.2 Å². The zero-order chi connectivity index (χ0) is 15.3. The second kappa shape index (κ2) is 6.29. The van der Waals surface area contributed by atoms with Crippen molar-refractivity contribution in [1.82, 2.24) is 5.43 Å². The number of hydrazone groups is 1. The summed E-state index contributed by atoms with van der Waals surface area (Å²) < 4.78 is 22.2. The zero-order valence-corrected chi connectivity index (χ0v) is 11.7. The number of benzene rings is 2. The Morgan fingerprint density at radius 1 is 1.05 bits per heavy atom. The number of nitrogens with one attached hydrogen (secondary N) is 1. The molecule has 2 rings (SSSR count). The number of amides is 1. The van der Waals surface area contributed by atoms with E-state index in [1.54, 1.807) is 0 Å². The van der Waals surface area contributed by atoms with Crippen molar-refractivity contribution >= 4 is 22.1 Å². The number of rotatable bonds is 4. The van der Waals surface area contributed by atoms with Crippen LogP contribution in [-0.2, 0) is 10.0 Å². The molecule has 0 aliphatic carbocycles. The van der Waals surface area contributed by atoms with E-state index in [1.165, 1.54) is 30.5 Å². The first-order valence-electron chi connectivity index (χ1n) is 5.98. The summed E-state index contributed by atoms with van der Waals surface area (Å²) in [5.41, 5.74) is 3.49. The number of carbonyl (C=O) groups excluding carboxylic acids is 1. The van der Waals surface area contributed by atoms with Gasteiger partial charge in [-0.15, -0.1) is 0 Å². The van der Waals surface area contributed by atoms with Gasteiger partial charge in [0.2, 0.25) is 10.0 Å². The van der Waals surface area contributed by atoms with Crippen LogP contribution in [0.2, 0.25) is 0 Å². The molecule has 0 heterocycles. The molecule has 0 atom stereocenters. The van der Waals surface area contributed by atoms with Crippen molar-refractivity contribution in [2.45, 2.75) is 4.90 Å². The molecular weight excluding hydrogens is 290 g/mol. The monoisotopic (exact) mass is 303 g/mol. The van der Waals surface area contributed by atoms with E-state index in [1.807, 2.05) is 30.3 Å². The summed E-state index contributed by atoms with van der Waals surface area (Å²) in [4.78, 5) is 11.7. The first-order chi connectivity index (χ1) is 9.97. The molecule has 7 heteroatoms. The molecule has 0 saturated heterocycles.